The van der Waals surface area contributed by atoms with Gasteiger partial charge in [0.25, 0.3) is 0 Å². The van der Waals surface area contributed by atoms with Gasteiger partial charge in [-0.05, 0) is 142 Å². The molecule has 0 fully saturated rings. The molecule has 4 aliphatic rings. The van der Waals surface area contributed by atoms with Gasteiger partial charge < -0.3 is 21.0 Å². The van der Waals surface area contributed by atoms with Gasteiger partial charge in [0.15, 0.2) is 5.78 Å². The smallest absolute Gasteiger partial charge is 0.408 e. The molecule has 0 aromatic heterocycles. The van der Waals surface area contributed by atoms with Crippen LogP contribution < -0.4 is 11.1 Å². The Kier molecular flexibility index (Phi) is 14.5. The Balaban J connectivity index is 0.000000128. The zero-order valence-corrected chi connectivity index (χ0v) is 42.6. The minimum atomic E-state index is -0.546. The van der Waals surface area contributed by atoms with E-state index in [0.29, 0.717) is 16.8 Å². The van der Waals surface area contributed by atoms with Crippen molar-refractivity contribution >= 4 is 61.9 Å². The molecule has 8 aromatic carbocycles. The van der Waals surface area contributed by atoms with Crippen LogP contribution in [0.3, 0.4) is 0 Å². The van der Waals surface area contributed by atoms with Crippen molar-refractivity contribution < 1.29 is 19.5 Å². The first-order valence-corrected chi connectivity index (χ1v) is 23.9. The van der Waals surface area contributed by atoms with Crippen molar-refractivity contribution in [2.45, 2.75) is 38.5 Å². The highest BCUT2D eigenvalue weighted by molar-refractivity contribution is 9.10. The monoisotopic (exact) mass is 1080 g/mol. The van der Waals surface area contributed by atoms with Gasteiger partial charge in [-0.15, -0.1) is 12.4 Å². The predicted octanol–water partition coefficient (Wildman–Crippen LogP) is 14.5. The maximum atomic E-state index is 12.2. The van der Waals surface area contributed by atoms with Gasteiger partial charge in [0, 0.05) is 31.2 Å². The number of carbonyl (C=O) groups is 2. The second-order valence-corrected chi connectivity index (χ2v) is 19.6. The van der Waals surface area contributed by atoms with Crippen molar-refractivity contribution in [1.29, 1.82) is 10.5 Å². The number of fused-ring (bicyclic) bond motifs is 12. The number of nitrogens with two attached hydrogens (primary N) is 1. The van der Waals surface area contributed by atoms with Gasteiger partial charge in [-0.25, -0.2) is 4.79 Å². The number of ketones is 1. The lowest BCUT2D eigenvalue weighted by atomic mass is 10.0. The summed E-state index contributed by atoms with van der Waals surface area (Å²) in [7, 11) is 0. The fraction of sp³-hybridized carbons (Fsp3) is 0.102. The first-order valence-electron chi connectivity index (χ1n) is 22.4. The number of halogens is 3. The molecule has 12 heteroatoms. The van der Waals surface area contributed by atoms with Crippen LogP contribution in [0, 0.1) is 22.7 Å². The molecule has 2 atom stereocenters. The number of ether oxygens (including phenoxy) is 1. The summed E-state index contributed by atoms with van der Waals surface area (Å²) in [5.74, 6) is 0.133. The van der Waals surface area contributed by atoms with Gasteiger partial charge in [-0.1, -0.05) is 152 Å². The Labute approximate surface area is 434 Å². The molecular formula is C59H44Br2ClN5O4. The third-order valence-electron chi connectivity index (χ3n) is 12.3. The molecule has 12 rings (SSSR count). The normalized spacial score (nSPS) is 14.6. The van der Waals surface area contributed by atoms with E-state index in [0.717, 1.165) is 98.0 Å². The molecule has 0 radical (unpaired) electrons. The molecule has 4 N–H and O–H groups in total. The highest BCUT2D eigenvalue weighted by Crippen LogP contribution is 2.45. The average Bonchev–Trinajstić information content (AvgIpc) is 4.05. The summed E-state index contributed by atoms with van der Waals surface area (Å²) in [5.41, 5.74) is 24.0. The van der Waals surface area contributed by atoms with Crippen molar-refractivity contribution in [3.8, 4) is 56.6 Å². The predicted molar refractivity (Wildman–Crippen MR) is 288 cm³/mol. The van der Waals surface area contributed by atoms with Gasteiger partial charge in [0.1, 0.15) is 11.3 Å². The average molecular weight is 1080 g/mol. The zero-order chi connectivity index (χ0) is 49.3. The quantitative estimate of drug-likeness (QED) is 0.109. The highest BCUT2D eigenvalue weighted by Gasteiger charge is 2.32. The largest absolute Gasteiger partial charge is 0.444 e. The maximum absolute atomic E-state index is 12.2. The number of nitrogens with one attached hydrogen (secondary N) is 1. The van der Waals surface area contributed by atoms with E-state index in [-0.39, 0.29) is 30.3 Å². The summed E-state index contributed by atoms with van der Waals surface area (Å²) in [5, 5.41) is 33.5. The molecule has 8 aromatic rings. The molecule has 0 saturated carbocycles. The van der Waals surface area contributed by atoms with E-state index >= 15 is 0 Å². The van der Waals surface area contributed by atoms with Gasteiger partial charge in [-0.2, -0.15) is 10.5 Å². The standard InChI is InChI=1S/C19H18N2O2.C14H10N2.C13H8BrNO.C13H7BrO.ClH/c1-19(2,3)23-18(22)21-17-14-7-5-4-6-13(14)16-10-12(11-20)8-9-15(16)17;15-8-9-5-6-12-13(7-9)10-3-1-2-4-11(10)14(12)16;14-8-5-6-11-12(7-8)9-3-1-2-4-10(9)13(11)15-16;14-8-5-6-11-12(7-8)9-3-1-2-4-10(9)13(11)15;/h4-10,17H,1-3H3,(H,21,22);1-7,14H,16H2;1-7,16H;1-7H;1H/b;;15-13-;;. The number of rotatable bonds is 1. The Morgan fingerprint density at radius 1 is 0.563 bits per heavy atom. The summed E-state index contributed by atoms with van der Waals surface area (Å²) in [6.07, 6.45) is -0.450. The van der Waals surface area contributed by atoms with Crippen LogP contribution in [0.25, 0.3) is 44.5 Å². The lowest BCUT2D eigenvalue weighted by Gasteiger charge is -2.22. The molecule has 350 valence electrons. The second-order valence-electron chi connectivity index (χ2n) is 17.8. The number of amides is 1. The molecular weight excluding hydrogens is 1040 g/mol. The number of hydrogen-bond acceptors (Lipinski definition) is 8. The molecule has 71 heavy (non-hydrogen) atoms. The fourth-order valence-corrected chi connectivity index (χ4v) is 10.0. The first kappa shape index (κ1) is 49.8. The number of alkyl carbamates (subject to hydrolysis) is 1. The zero-order valence-electron chi connectivity index (χ0n) is 38.6. The van der Waals surface area contributed by atoms with E-state index in [1.165, 1.54) is 0 Å². The third-order valence-corrected chi connectivity index (χ3v) is 13.3. The number of nitrogens with zero attached hydrogens (tertiary/aromatic N) is 3. The lowest BCUT2D eigenvalue weighted by Crippen LogP contribution is -2.34. The van der Waals surface area contributed by atoms with Crippen LogP contribution in [0.5, 0.6) is 0 Å². The van der Waals surface area contributed by atoms with Gasteiger partial charge in [-0.3, -0.25) is 4.79 Å². The molecule has 2 unspecified atom stereocenters. The van der Waals surface area contributed by atoms with Gasteiger partial charge in [0.05, 0.1) is 35.3 Å². The van der Waals surface area contributed by atoms with Crippen LogP contribution in [0.1, 0.15) is 93.3 Å². The summed E-state index contributed by atoms with van der Waals surface area (Å²) >= 11 is 6.88. The van der Waals surface area contributed by atoms with Crippen molar-refractivity contribution in [3.05, 3.63) is 234 Å². The van der Waals surface area contributed by atoms with Crippen molar-refractivity contribution in [2.75, 3.05) is 0 Å². The summed E-state index contributed by atoms with van der Waals surface area (Å²) in [6.45, 7) is 5.51. The summed E-state index contributed by atoms with van der Waals surface area (Å²) in [6, 6.07) is 58.7. The number of carbonyl (C=O) groups excluding carboxylic acids is 2. The van der Waals surface area contributed by atoms with Crippen LogP contribution in [-0.4, -0.2) is 28.4 Å². The SMILES string of the molecule is CC(C)(C)OC(=O)NC1c2ccccc2-c2cc(C#N)ccc21.Cl.N#Cc1ccc2c(c1)-c1ccccc1C2N.O/N=C1/c2ccccc2-c2cc(Br)ccc21.O=C1c2ccccc2-c2cc(Br)ccc21. The summed E-state index contributed by atoms with van der Waals surface area (Å²) < 4.78 is 7.41. The van der Waals surface area contributed by atoms with Crippen LogP contribution >= 0.6 is 44.3 Å². The molecule has 4 aliphatic carbocycles. The summed E-state index contributed by atoms with van der Waals surface area (Å²) in [4.78, 5) is 24.2. The first-order chi connectivity index (χ1) is 33.8. The minimum absolute atomic E-state index is 0. The molecule has 0 spiro atoms. The Hall–Kier alpha value is -7.64. The second kappa shape index (κ2) is 20.8. The number of hydrogen-bond donors (Lipinski definition) is 3. The Bertz CT molecular complexity index is 3540. The van der Waals surface area contributed by atoms with Crippen LogP contribution in [-0.2, 0) is 4.74 Å². The molecule has 0 heterocycles. The lowest BCUT2D eigenvalue weighted by molar-refractivity contribution is 0.0513. The highest BCUT2D eigenvalue weighted by atomic mass is 79.9. The molecule has 0 bridgehead atoms. The number of oxime groups is 1. The van der Waals surface area contributed by atoms with E-state index in [9.17, 15) is 9.59 Å². The Morgan fingerprint density at radius 2 is 0.972 bits per heavy atom. The molecule has 0 saturated heterocycles. The van der Waals surface area contributed by atoms with Crippen LogP contribution in [0.4, 0.5) is 4.79 Å². The van der Waals surface area contributed by atoms with E-state index in [1.54, 1.807) is 6.07 Å². The number of nitriles is 2. The van der Waals surface area contributed by atoms with Gasteiger partial charge >= 0.3 is 6.09 Å². The third kappa shape index (κ3) is 9.92. The number of benzene rings is 8. The maximum Gasteiger partial charge on any atom is 0.408 e. The van der Waals surface area contributed by atoms with E-state index in [4.69, 9.17) is 26.2 Å². The van der Waals surface area contributed by atoms with E-state index in [2.05, 4.69) is 60.5 Å². The van der Waals surface area contributed by atoms with Gasteiger partial charge in [0.2, 0.25) is 0 Å². The van der Waals surface area contributed by atoms with Crippen LogP contribution in [0.15, 0.2) is 184 Å². The molecule has 1 amide bonds. The molecule has 9 nitrogen and oxygen atoms in total. The van der Waals surface area contributed by atoms with E-state index < -0.39 is 11.7 Å². The van der Waals surface area contributed by atoms with Crippen molar-refractivity contribution in [2.24, 2.45) is 10.9 Å². The van der Waals surface area contributed by atoms with E-state index in [1.807, 2.05) is 178 Å². The minimum Gasteiger partial charge on any atom is -0.444 e. The molecule has 0 aliphatic heterocycles. The Morgan fingerprint density at radius 3 is 1.55 bits per heavy atom. The topological polar surface area (TPSA) is 162 Å². The van der Waals surface area contributed by atoms with Crippen molar-refractivity contribution in [3.63, 3.8) is 0 Å². The van der Waals surface area contributed by atoms with Crippen LogP contribution in [0.2, 0.25) is 0 Å². The fourth-order valence-electron chi connectivity index (χ4n) is 9.29. The van der Waals surface area contributed by atoms with Crippen molar-refractivity contribution in [1.82, 2.24) is 5.32 Å².